The molecule has 0 aliphatic carbocycles. The lowest BCUT2D eigenvalue weighted by molar-refractivity contribution is -0.127. The maximum atomic E-state index is 12.4. The Hall–Kier alpha value is -0.753. The quantitative estimate of drug-likeness (QED) is 0.747. The topological polar surface area (TPSA) is 47.6 Å². The first kappa shape index (κ1) is 18.6. The van der Waals surface area contributed by atoms with Gasteiger partial charge in [0.1, 0.15) is 0 Å². The van der Waals surface area contributed by atoms with E-state index in [1.807, 2.05) is 6.92 Å². The molecule has 1 aromatic rings. The van der Waals surface area contributed by atoms with Crippen molar-refractivity contribution >= 4 is 43.1 Å². The smallest absolute Gasteiger partial charge is 0.268 e. The summed E-state index contributed by atoms with van der Waals surface area (Å²) in [5, 5.41) is 3.67. The van der Waals surface area contributed by atoms with Crippen molar-refractivity contribution in [1.29, 1.82) is 0 Å². The summed E-state index contributed by atoms with van der Waals surface area (Å²) in [6.45, 7) is 12.6. The highest BCUT2D eigenvalue weighted by atomic mass is 35.5. The van der Waals surface area contributed by atoms with E-state index < -0.39 is 14.4 Å². The molecule has 1 aliphatic heterocycles. The minimum atomic E-state index is -2.01. The lowest BCUT2D eigenvalue weighted by atomic mass is 10.1. The minimum absolute atomic E-state index is 0.0511. The summed E-state index contributed by atoms with van der Waals surface area (Å²) in [7, 11) is -2.01. The molecule has 7 heteroatoms. The van der Waals surface area contributed by atoms with Crippen LogP contribution in [0, 0.1) is 0 Å². The lowest BCUT2D eigenvalue weighted by Gasteiger charge is -2.40. The van der Waals surface area contributed by atoms with Crippen LogP contribution in [0.2, 0.25) is 28.2 Å². The molecule has 0 saturated carbocycles. The summed E-state index contributed by atoms with van der Waals surface area (Å²) >= 11 is 12.1. The van der Waals surface area contributed by atoms with Crippen LogP contribution < -0.4 is 10.1 Å². The van der Waals surface area contributed by atoms with Crippen LogP contribution in [0.3, 0.4) is 0 Å². The van der Waals surface area contributed by atoms with Gasteiger partial charge in [-0.05, 0) is 37.2 Å². The third-order valence-corrected chi connectivity index (χ3v) is 9.55. The molecule has 2 atom stereocenters. The van der Waals surface area contributed by atoms with Crippen LogP contribution in [-0.4, -0.2) is 26.4 Å². The molecule has 2 unspecified atom stereocenters. The number of halogens is 2. The number of carbonyl (C=O) groups excluding carboxylic acids is 1. The van der Waals surface area contributed by atoms with Crippen LogP contribution >= 0.6 is 23.2 Å². The van der Waals surface area contributed by atoms with Crippen LogP contribution in [0.25, 0.3) is 0 Å². The van der Waals surface area contributed by atoms with Crippen molar-refractivity contribution in [2.75, 3.05) is 5.32 Å². The highest BCUT2D eigenvalue weighted by Gasteiger charge is 2.42. The van der Waals surface area contributed by atoms with Gasteiger partial charge in [-0.15, -0.1) is 0 Å². The van der Waals surface area contributed by atoms with E-state index in [1.54, 1.807) is 12.1 Å². The van der Waals surface area contributed by atoms with Crippen LogP contribution in [-0.2, 0) is 9.22 Å². The van der Waals surface area contributed by atoms with Crippen molar-refractivity contribution in [2.45, 2.75) is 58.0 Å². The molecule has 1 heterocycles. The molecule has 128 valence electrons. The van der Waals surface area contributed by atoms with Gasteiger partial charge < -0.3 is 14.5 Å². The number of nitrogens with one attached hydrogen (secondary N) is 1. The number of fused-ring (bicyclic) bond motifs is 1. The second-order valence-corrected chi connectivity index (χ2v) is 13.0. The first-order chi connectivity index (χ1) is 10.4. The number of rotatable bonds is 3. The van der Waals surface area contributed by atoms with E-state index in [1.165, 1.54) is 0 Å². The zero-order valence-corrected chi connectivity index (χ0v) is 16.8. The van der Waals surface area contributed by atoms with Gasteiger partial charge in [0.05, 0.1) is 16.8 Å². The van der Waals surface area contributed by atoms with Crippen LogP contribution in [0.1, 0.15) is 27.7 Å². The summed E-state index contributed by atoms with van der Waals surface area (Å²) < 4.78 is 12.1. The van der Waals surface area contributed by atoms with Gasteiger partial charge in [0, 0.05) is 5.02 Å². The summed E-state index contributed by atoms with van der Waals surface area (Å²) in [5.74, 6) is 0.188. The van der Waals surface area contributed by atoms with Crippen molar-refractivity contribution in [2.24, 2.45) is 0 Å². The fourth-order valence-electron chi connectivity index (χ4n) is 2.17. The molecule has 0 radical (unpaired) electrons. The second kappa shape index (κ2) is 6.28. The Balaban J connectivity index is 2.23. The first-order valence-corrected chi connectivity index (χ1v) is 11.2. The molecule has 4 nitrogen and oxygen atoms in total. The number of benzene rings is 1. The van der Waals surface area contributed by atoms with Crippen molar-refractivity contribution in [3.8, 4) is 5.75 Å². The number of ether oxygens (including phenoxy) is 1. The van der Waals surface area contributed by atoms with Crippen molar-refractivity contribution in [3.63, 3.8) is 0 Å². The van der Waals surface area contributed by atoms with Crippen LogP contribution in [0.15, 0.2) is 12.1 Å². The maximum absolute atomic E-state index is 12.4. The Bertz CT molecular complexity index is 628. The SMILES string of the molecule is CC(O[Si](C)(C)C(C)(C)C)C1Oc2c(Cl)cc(Cl)cc2NC1=O. The normalized spacial score (nSPS) is 19.7. The molecule has 0 saturated heterocycles. The molecule has 0 spiro atoms. The van der Waals surface area contributed by atoms with Gasteiger partial charge in [-0.2, -0.15) is 0 Å². The summed E-state index contributed by atoms with van der Waals surface area (Å²) in [6, 6.07) is 3.21. The molecule has 0 bridgehead atoms. The van der Waals surface area contributed by atoms with Gasteiger partial charge in [0.15, 0.2) is 14.1 Å². The summed E-state index contributed by atoms with van der Waals surface area (Å²) in [5.41, 5.74) is 0.489. The van der Waals surface area contributed by atoms with E-state index in [0.717, 1.165) is 0 Å². The largest absolute Gasteiger partial charge is 0.474 e. The standard InChI is InChI=1S/C16H23Cl2NO3Si/c1-9(22-23(5,6)16(2,3)4)13-15(20)19-12-8-10(17)7-11(18)14(12)21-13/h7-9,13H,1-6H3,(H,19,20). The molecular formula is C16H23Cl2NO3Si. The van der Waals surface area contributed by atoms with E-state index in [9.17, 15) is 4.79 Å². The first-order valence-electron chi connectivity index (χ1n) is 7.57. The van der Waals surface area contributed by atoms with E-state index >= 15 is 0 Å². The molecule has 0 fully saturated rings. The predicted molar refractivity (Wildman–Crippen MR) is 97.3 cm³/mol. The maximum Gasteiger partial charge on any atom is 0.268 e. The van der Waals surface area contributed by atoms with Crippen LogP contribution in [0.5, 0.6) is 5.75 Å². The molecule has 1 aliphatic rings. The number of amides is 1. The van der Waals surface area contributed by atoms with Crippen molar-refractivity contribution in [1.82, 2.24) is 0 Å². The number of hydrogen-bond donors (Lipinski definition) is 1. The van der Waals surface area contributed by atoms with Crippen molar-refractivity contribution < 1.29 is 14.0 Å². The molecule has 2 rings (SSSR count). The van der Waals surface area contributed by atoms with Gasteiger partial charge in [-0.25, -0.2) is 0 Å². The molecular weight excluding hydrogens is 353 g/mol. The van der Waals surface area contributed by atoms with E-state index in [4.69, 9.17) is 32.4 Å². The highest BCUT2D eigenvalue weighted by Crippen LogP contribution is 2.41. The monoisotopic (exact) mass is 375 g/mol. The van der Waals surface area contributed by atoms with E-state index in [0.29, 0.717) is 21.5 Å². The Labute approximate surface area is 148 Å². The Kier molecular flexibility index (Phi) is 5.07. The average molecular weight is 376 g/mol. The van der Waals surface area contributed by atoms with Gasteiger partial charge in [-0.1, -0.05) is 44.0 Å². The zero-order valence-electron chi connectivity index (χ0n) is 14.3. The fraction of sp³-hybridized carbons (Fsp3) is 0.562. The fourth-order valence-corrected chi connectivity index (χ4v) is 4.11. The molecule has 23 heavy (non-hydrogen) atoms. The molecule has 1 N–H and O–H groups in total. The Morgan fingerprint density at radius 2 is 1.91 bits per heavy atom. The summed E-state index contributed by atoms with van der Waals surface area (Å²) in [4.78, 5) is 12.4. The van der Waals surface area contributed by atoms with E-state index in [2.05, 4.69) is 39.2 Å². The van der Waals surface area contributed by atoms with Crippen molar-refractivity contribution in [3.05, 3.63) is 22.2 Å². The van der Waals surface area contributed by atoms with Crippen LogP contribution in [0.4, 0.5) is 5.69 Å². The minimum Gasteiger partial charge on any atom is -0.474 e. The number of carbonyl (C=O) groups is 1. The third-order valence-electron chi connectivity index (χ3n) is 4.48. The van der Waals surface area contributed by atoms with Gasteiger partial charge in [0.25, 0.3) is 5.91 Å². The molecule has 1 aromatic carbocycles. The number of anilines is 1. The third kappa shape index (κ3) is 3.84. The Morgan fingerprint density at radius 3 is 2.48 bits per heavy atom. The average Bonchev–Trinajstić information content (AvgIpc) is 2.35. The molecule has 0 aromatic heterocycles. The van der Waals surface area contributed by atoms with E-state index in [-0.39, 0.29) is 17.0 Å². The molecule has 1 amide bonds. The second-order valence-electron chi connectivity index (χ2n) is 7.38. The zero-order chi connectivity index (χ0) is 17.6. The predicted octanol–water partition coefficient (Wildman–Crippen LogP) is 5.10. The van der Waals surface area contributed by atoms with Gasteiger partial charge in [0.2, 0.25) is 6.10 Å². The lowest BCUT2D eigenvalue weighted by Crippen LogP contribution is -2.51. The van der Waals surface area contributed by atoms with Gasteiger partial charge >= 0.3 is 0 Å². The Morgan fingerprint density at radius 1 is 1.30 bits per heavy atom. The number of hydrogen-bond acceptors (Lipinski definition) is 3. The summed E-state index contributed by atoms with van der Waals surface area (Å²) in [6.07, 6.45) is -1.12. The van der Waals surface area contributed by atoms with Gasteiger partial charge in [-0.3, -0.25) is 4.79 Å². The highest BCUT2D eigenvalue weighted by molar-refractivity contribution is 6.74.